The van der Waals surface area contributed by atoms with Crippen LogP contribution in [0.2, 0.25) is 0 Å². The van der Waals surface area contributed by atoms with Gasteiger partial charge in [0.05, 0.1) is 6.10 Å². The van der Waals surface area contributed by atoms with Crippen molar-refractivity contribution in [1.29, 1.82) is 0 Å². The van der Waals surface area contributed by atoms with Gasteiger partial charge in [-0.2, -0.15) is 0 Å². The number of rotatable bonds is 5. The van der Waals surface area contributed by atoms with Gasteiger partial charge in [0, 0.05) is 11.8 Å². The number of anilines is 1. The predicted octanol–water partition coefficient (Wildman–Crippen LogP) is 2.38. The molecular formula is C13H19NO3. The Morgan fingerprint density at radius 2 is 2.12 bits per heavy atom. The van der Waals surface area contributed by atoms with Crippen LogP contribution >= 0.6 is 0 Å². The molecule has 0 fully saturated rings. The Balaban J connectivity index is 2.66. The van der Waals surface area contributed by atoms with E-state index in [9.17, 15) is 4.79 Å². The van der Waals surface area contributed by atoms with Crippen molar-refractivity contribution in [2.75, 3.05) is 5.73 Å². The largest absolute Gasteiger partial charge is 0.479 e. The lowest BCUT2D eigenvalue weighted by atomic mass is 10.2. The van der Waals surface area contributed by atoms with Crippen LogP contribution in [-0.4, -0.2) is 18.2 Å². The molecule has 4 nitrogen and oxygen atoms in total. The molecule has 0 bridgehead atoms. The SMILES string of the molecule is CCC(Oc1cccc(N)c1)C(=O)OC(C)C. The van der Waals surface area contributed by atoms with Crippen molar-refractivity contribution < 1.29 is 14.3 Å². The summed E-state index contributed by atoms with van der Waals surface area (Å²) in [6.07, 6.45) is -0.166. The van der Waals surface area contributed by atoms with Crippen molar-refractivity contribution in [1.82, 2.24) is 0 Å². The van der Waals surface area contributed by atoms with Crippen LogP contribution in [0, 0.1) is 0 Å². The van der Waals surface area contributed by atoms with Gasteiger partial charge in [0.2, 0.25) is 0 Å². The Labute approximate surface area is 102 Å². The molecule has 1 atom stereocenters. The molecular weight excluding hydrogens is 218 g/mol. The highest BCUT2D eigenvalue weighted by molar-refractivity contribution is 5.75. The maximum atomic E-state index is 11.7. The summed E-state index contributed by atoms with van der Waals surface area (Å²) in [6.45, 7) is 5.49. The zero-order valence-electron chi connectivity index (χ0n) is 10.5. The quantitative estimate of drug-likeness (QED) is 0.631. The first-order valence-electron chi connectivity index (χ1n) is 5.75. The van der Waals surface area contributed by atoms with E-state index in [1.807, 2.05) is 20.8 Å². The van der Waals surface area contributed by atoms with E-state index >= 15 is 0 Å². The van der Waals surface area contributed by atoms with Crippen molar-refractivity contribution in [2.45, 2.75) is 39.4 Å². The lowest BCUT2D eigenvalue weighted by molar-refractivity contribution is -0.155. The highest BCUT2D eigenvalue weighted by Gasteiger charge is 2.20. The van der Waals surface area contributed by atoms with E-state index < -0.39 is 6.10 Å². The Hall–Kier alpha value is -1.71. The van der Waals surface area contributed by atoms with Crippen molar-refractivity contribution >= 4 is 11.7 Å². The van der Waals surface area contributed by atoms with Crippen molar-refractivity contribution in [3.05, 3.63) is 24.3 Å². The lowest BCUT2D eigenvalue weighted by Crippen LogP contribution is -2.30. The molecule has 0 aromatic heterocycles. The smallest absolute Gasteiger partial charge is 0.347 e. The van der Waals surface area contributed by atoms with Gasteiger partial charge in [-0.05, 0) is 32.4 Å². The van der Waals surface area contributed by atoms with E-state index in [1.165, 1.54) is 0 Å². The summed E-state index contributed by atoms with van der Waals surface area (Å²) in [5.41, 5.74) is 6.24. The first-order chi connectivity index (χ1) is 8.02. The van der Waals surface area contributed by atoms with Crippen molar-refractivity contribution in [2.24, 2.45) is 0 Å². The molecule has 0 aliphatic rings. The van der Waals surface area contributed by atoms with Crippen LogP contribution in [0.3, 0.4) is 0 Å². The van der Waals surface area contributed by atoms with Gasteiger partial charge in [0.25, 0.3) is 0 Å². The fraction of sp³-hybridized carbons (Fsp3) is 0.462. The highest BCUT2D eigenvalue weighted by atomic mass is 16.6. The summed E-state index contributed by atoms with van der Waals surface area (Å²) >= 11 is 0. The lowest BCUT2D eigenvalue weighted by Gasteiger charge is -2.18. The number of hydrogen-bond acceptors (Lipinski definition) is 4. The maximum Gasteiger partial charge on any atom is 0.347 e. The van der Waals surface area contributed by atoms with Gasteiger partial charge in [-0.25, -0.2) is 4.79 Å². The molecule has 0 aliphatic heterocycles. The first-order valence-corrected chi connectivity index (χ1v) is 5.75. The molecule has 1 rings (SSSR count). The Kier molecular flexibility index (Phi) is 4.82. The van der Waals surface area contributed by atoms with Crippen LogP contribution in [0.25, 0.3) is 0 Å². The maximum absolute atomic E-state index is 11.7. The van der Waals surface area contributed by atoms with E-state index in [2.05, 4.69) is 0 Å². The topological polar surface area (TPSA) is 61.5 Å². The molecule has 0 aliphatic carbocycles. The third-order valence-corrected chi connectivity index (χ3v) is 2.12. The molecule has 1 aromatic rings. The minimum atomic E-state index is -0.584. The zero-order valence-corrected chi connectivity index (χ0v) is 10.5. The number of benzene rings is 1. The number of nitrogens with two attached hydrogens (primary N) is 1. The van der Waals surface area contributed by atoms with Gasteiger partial charge >= 0.3 is 5.97 Å². The molecule has 0 saturated carbocycles. The fourth-order valence-electron chi connectivity index (χ4n) is 1.36. The van der Waals surface area contributed by atoms with Crippen LogP contribution in [-0.2, 0) is 9.53 Å². The number of ether oxygens (including phenoxy) is 2. The summed E-state index contributed by atoms with van der Waals surface area (Å²) in [6, 6.07) is 7.00. The minimum Gasteiger partial charge on any atom is -0.479 e. The summed E-state index contributed by atoms with van der Waals surface area (Å²) in [4.78, 5) is 11.7. The van der Waals surface area contributed by atoms with Crippen LogP contribution in [0.1, 0.15) is 27.2 Å². The Morgan fingerprint density at radius 1 is 1.41 bits per heavy atom. The van der Waals surface area contributed by atoms with Gasteiger partial charge < -0.3 is 15.2 Å². The molecule has 4 heteroatoms. The third kappa shape index (κ3) is 4.34. The summed E-state index contributed by atoms with van der Waals surface area (Å²) in [7, 11) is 0. The van der Waals surface area contributed by atoms with E-state index in [-0.39, 0.29) is 12.1 Å². The van der Waals surface area contributed by atoms with Crippen molar-refractivity contribution in [3.8, 4) is 5.75 Å². The van der Waals surface area contributed by atoms with Gasteiger partial charge in [-0.15, -0.1) is 0 Å². The molecule has 2 N–H and O–H groups in total. The average Bonchev–Trinajstić information content (AvgIpc) is 2.24. The van der Waals surface area contributed by atoms with Crippen LogP contribution in [0.4, 0.5) is 5.69 Å². The van der Waals surface area contributed by atoms with E-state index in [1.54, 1.807) is 24.3 Å². The number of carbonyl (C=O) groups excluding carboxylic acids is 1. The number of nitrogen functional groups attached to an aromatic ring is 1. The number of carbonyl (C=O) groups is 1. The number of esters is 1. The monoisotopic (exact) mass is 237 g/mol. The van der Waals surface area contributed by atoms with Crippen LogP contribution in [0.5, 0.6) is 5.75 Å². The molecule has 1 aromatic carbocycles. The highest BCUT2D eigenvalue weighted by Crippen LogP contribution is 2.17. The van der Waals surface area contributed by atoms with Gasteiger partial charge in [0.1, 0.15) is 5.75 Å². The number of hydrogen-bond donors (Lipinski definition) is 1. The standard InChI is InChI=1S/C13H19NO3/c1-4-12(13(15)16-9(2)3)17-11-7-5-6-10(14)8-11/h5-9,12H,4,14H2,1-3H3. The van der Waals surface area contributed by atoms with E-state index in [4.69, 9.17) is 15.2 Å². The molecule has 1 unspecified atom stereocenters. The summed E-state index contributed by atoms with van der Waals surface area (Å²) in [5, 5.41) is 0. The molecule has 94 valence electrons. The second-order valence-corrected chi connectivity index (χ2v) is 4.07. The third-order valence-electron chi connectivity index (χ3n) is 2.12. The minimum absolute atomic E-state index is 0.138. The normalized spacial score (nSPS) is 12.2. The molecule has 0 amide bonds. The van der Waals surface area contributed by atoms with Crippen molar-refractivity contribution in [3.63, 3.8) is 0 Å². The molecule has 0 radical (unpaired) electrons. The Bertz CT molecular complexity index is 377. The van der Waals surface area contributed by atoms with E-state index in [0.29, 0.717) is 17.9 Å². The average molecular weight is 237 g/mol. The summed E-state index contributed by atoms with van der Waals surface area (Å²) < 4.78 is 10.7. The molecule has 17 heavy (non-hydrogen) atoms. The Morgan fingerprint density at radius 3 is 2.65 bits per heavy atom. The molecule has 0 heterocycles. The second-order valence-electron chi connectivity index (χ2n) is 4.07. The van der Waals surface area contributed by atoms with E-state index in [0.717, 1.165) is 0 Å². The molecule has 0 saturated heterocycles. The van der Waals surface area contributed by atoms with Gasteiger partial charge in [-0.1, -0.05) is 13.0 Å². The molecule has 0 spiro atoms. The second kappa shape index (κ2) is 6.13. The predicted molar refractivity (Wildman–Crippen MR) is 66.8 cm³/mol. The fourth-order valence-corrected chi connectivity index (χ4v) is 1.36. The van der Waals surface area contributed by atoms with Gasteiger partial charge in [0.15, 0.2) is 6.10 Å². The summed E-state index contributed by atoms with van der Waals surface area (Å²) in [5.74, 6) is 0.238. The van der Waals surface area contributed by atoms with Crippen LogP contribution in [0.15, 0.2) is 24.3 Å². The van der Waals surface area contributed by atoms with Gasteiger partial charge in [-0.3, -0.25) is 0 Å². The first kappa shape index (κ1) is 13.4. The zero-order chi connectivity index (χ0) is 12.8. The van der Waals surface area contributed by atoms with Crippen LogP contribution < -0.4 is 10.5 Å².